The van der Waals surface area contributed by atoms with Crippen LogP contribution in [0.4, 0.5) is 0 Å². The van der Waals surface area contributed by atoms with E-state index in [9.17, 15) is 4.79 Å². The van der Waals surface area contributed by atoms with Crippen LogP contribution < -0.4 is 0 Å². The molecule has 0 amide bonds. The predicted octanol–water partition coefficient (Wildman–Crippen LogP) is 2.05. The Morgan fingerprint density at radius 1 is 1.69 bits per heavy atom. The lowest BCUT2D eigenvalue weighted by Gasteiger charge is -2.19. The van der Waals surface area contributed by atoms with E-state index in [1.807, 2.05) is 11.4 Å². The molecule has 0 aliphatic carbocycles. The first-order chi connectivity index (χ1) is 7.52. The fourth-order valence-electron chi connectivity index (χ4n) is 1.16. The van der Waals surface area contributed by atoms with Crippen LogP contribution >= 0.6 is 11.3 Å². The molecule has 0 spiro atoms. The molecule has 0 N–H and O–H groups in total. The van der Waals surface area contributed by atoms with Gasteiger partial charge in [0.15, 0.2) is 0 Å². The van der Waals surface area contributed by atoms with E-state index in [0.29, 0.717) is 12.3 Å². The average Bonchev–Trinajstić information content (AvgIpc) is 2.68. The Kier molecular flexibility index (Phi) is 4.02. The van der Waals surface area contributed by atoms with Gasteiger partial charge in [-0.15, -0.1) is 11.3 Å². The Morgan fingerprint density at radius 2 is 2.38 bits per heavy atom. The van der Waals surface area contributed by atoms with Crippen LogP contribution in [0.5, 0.6) is 0 Å². The molecule has 1 heterocycles. The maximum absolute atomic E-state index is 11.7. The summed E-state index contributed by atoms with van der Waals surface area (Å²) in [6, 6.07) is 2.03. The normalized spacial score (nSPS) is 10.9. The molecule has 1 aromatic heterocycles. The zero-order chi connectivity index (χ0) is 12.2. The van der Waals surface area contributed by atoms with E-state index in [1.54, 1.807) is 20.8 Å². The Labute approximate surface area is 98.9 Å². The van der Waals surface area contributed by atoms with Crippen molar-refractivity contribution in [2.45, 2.75) is 32.6 Å². The topological polar surface area (TPSA) is 63.0 Å². The van der Waals surface area contributed by atoms with Crippen molar-refractivity contribution in [1.82, 2.24) is 4.98 Å². The number of ether oxygens (including phenoxy) is 1. The Morgan fingerprint density at radius 3 is 2.94 bits per heavy atom. The Balaban J connectivity index is 2.89. The summed E-state index contributed by atoms with van der Waals surface area (Å²) in [5, 5.41) is 11.1. The number of hydrogen-bond donors (Lipinski definition) is 0. The number of aromatic nitrogens is 1. The van der Waals surface area contributed by atoms with Crippen molar-refractivity contribution < 1.29 is 9.53 Å². The highest BCUT2D eigenvalue weighted by molar-refractivity contribution is 7.09. The first-order valence-electron chi connectivity index (χ1n) is 5.01. The van der Waals surface area contributed by atoms with Crippen LogP contribution in [0.2, 0.25) is 0 Å². The van der Waals surface area contributed by atoms with Gasteiger partial charge >= 0.3 is 5.97 Å². The number of nitrogens with zero attached hydrogens (tertiary/aromatic N) is 2. The van der Waals surface area contributed by atoms with E-state index in [0.717, 1.165) is 5.01 Å². The van der Waals surface area contributed by atoms with Gasteiger partial charge in [0, 0.05) is 5.38 Å². The molecular weight excluding hydrogens is 224 g/mol. The van der Waals surface area contributed by atoms with E-state index in [2.05, 4.69) is 4.98 Å². The first kappa shape index (κ1) is 12.7. The molecule has 0 aliphatic heterocycles. The zero-order valence-corrected chi connectivity index (χ0v) is 10.4. The van der Waals surface area contributed by atoms with Gasteiger partial charge in [0.25, 0.3) is 0 Å². The molecule has 0 radical (unpaired) electrons. The minimum Gasteiger partial charge on any atom is -0.465 e. The summed E-state index contributed by atoms with van der Waals surface area (Å²) >= 11 is 1.40. The fourth-order valence-corrected chi connectivity index (χ4v) is 2.06. The van der Waals surface area contributed by atoms with Crippen LogP contribution in [-0.2, 0) is 21.4 Å². The molecule has 0 saturated heterocycles. The summed E-state index contributed by atoms with van der Waals surface area (Å²) in [6.07, 6.45) is 0.281. The van der Waals surface area contributed by atoms with E-state index in [4.69, 9.17) is 10.00 Å². The monoisotopic (exact) mass is 238 g/mol. The average molecular weight is 238 g/mol. The number of esters is 1. The molecule has 1 aromatic rings. The molecule has 0 saturated carbocycles. The van der Waals surface area contributed by atoms with E-state index in [-0.39, 0.29) is 12.4 Å². The molecule has 0 bridgehead atoms. The van der Waals surface area contributed by atoms with Gasteiger partial charge < -0.3 is 4.74 Å². The minimum atomic E-state index is -0.750. The van der Waals surface area contributed by atoms with Crippen LogP contribution in [0.3, 0.4) is 0 Å². The van der Waals surface area contributed by atoms with Gasteiger partial charge in [-0.05, 0) is 20.8 Å². The Hall–Kier alpha value is -1.41. The number of rotatable bonds is 4. The summed E-state index contributed by atoms with van der Waals surface area (Å²) < 4.78 is 4.99. The molecular formula is C11H14N2O2S. The molecule has 1 rings (SSSR count). The molecule has 16 heavy (non-hydrogen) atoms. The number of carbonyl (C=O) groups excluding carboxylic acids is 1. The summed E-state index contributed by atoms with van der Waals surface area (Å²) in [5.74, 6) is -0.288. The van der Waals surface area contributed by atoms with Crippen molar-refractivity contribution in [3.8, 4) is 6.07 Å². The van der Waals surface area contributed by atoms with Gasteiger partial charge in [-0.3, -0.25) is 4.79 Å². The van der Waals surface area contributed by atoms with Gasteiger partial charge in [-0.25, -0.2) is 4.98 Å². The third-order valence-electron chi connectivity index (χ3n) is 2.21. The highest BCUT2D eigenvalue weighted by atomic mass is 32.1. The number of nitriles is 1. The Bertz CT molecular complexity index is 418. The lowest BCUT2D eigenvalue weighted by atomic mass is 9.90. The molecule has 0 aromatic carbocycles. The van der Waals surface area contributed by atoms with Crippen molar-refractivity contribution in [2.75, 3.05) is 6.61 Å². The van der Waals surface area contributed by atoms with Crippen molar-refractivity contribution in [2.24, 2.45) is 0 Å². The standard InChI is InChI=1S/C11H14N2O2S/c1-4-15-10(14)11(2,3)8-7-16-9(13-8)5-6-12/h7H,4-5H2,1-3H3. The second kappa shape index (κ2) is 5.08. The van der Waals surface area contributed by atoms with Crippen molar-refractivity contribution in [3.05, 3.63) is 16.1 Å². The molecule has 0 aliphatic rings. The predicted molar refractivity (Wildman–Crippen MR) is 61.1 cm³/mol. The summed E-state index contributed by atoms with van der Waals surface area (Å²) in [6.45, 7) is 5.68. The van der Waals surface area contributed by atoms with Gasteiger partial charge in [0.05, 0.1) is 24.8 Å². The largest absolute Gasteiger partial charge is 0.465 e. The smallest absolute Gasteiger partial charge is 0.317 e. The second-order valence-electron chi connectivity index (χ2n) is 3.81. The zero-order valence-electron chi connectivity index (χ0n) is 9.61. The lowest BCUT2D eigenvalue weighted by Crippen LogP contribution is -2.31. The maximum atomic E-state index is 11.7. The quantitative estimate of drug-likeness (QED) is 0.753. The van der Waals surface area contributed by atoms with Gasteiger partial charge in [0.1, 0.15) is 10.4 Å². The molecule has 0 fully saturated rings. The third-order valence-corrected chi connectivity index (χ3v) is 3.06. The summed E-state index contributed by atoms with van der Waals surface area (Å²) in [7, 11) is 0. The SMILES string of the molecule is CCOC(=O)C(C)(C)c1csc(CC#N)n1. The molecule has 86 valence electrons. The van der Waals surface area contributed by atoms with Crippen molar-refractivity contribution >= 4 is 17.3 Å². The van der Waals surface area contributed by atoms with Crippen molar-refractivity contribution in [1.29, 1.82) is 5.26 Å². The molecule has 0 unspecified atom stereocenters. The van der Waals surface area contributed by atoms with E-state index < -0.39 is 5.41 Å². The summed E-state index contributed by atoms with van der Waals surface area (Å²) in [5.41, 5.74) is -0.0820. The van der Waals surface area contributed by atoms with Gasteiger partial charge in [-0.2, -0.15) is 5.26 Å². The lowest BCUT2D eigenvalue weighted by molar-refractivity contribution is -0.148. The van der Waals surface area contributed by atoms with Crippen LogP contribution in [0.15, 0.2) is 5.38 Å². The maximum Gasteiger partial charge on any atom is 0.317 e. The fraction of sp³-hybridized carbons (Fsp3) is 0.545. The van der Waals surface area contributed by atoms with Crippen molar-refractivity contribution in [3.63, 3.8) is 0 Å². The van der Waals surface area contributed by atoms with E-state index in [1.165, 1.54) is 11.3 Å². The first-order valence-corrected chi connectivity index (χ1v) is 5.89. The van der Waals surface area contributed by atoms with Gasteiger partial charge in [0.2, 0.25) is 0 Å². The number of carbonyl (C=O) groups is 1. The van der Waals surface area contributed by atoms with Crippen LogP contribution in [0, 0.1) is 11.3 Å². The number of hydrogen-bond acceptors (Lipinski definition) is 5. The molecule has 0 atom stereocenters. The number of thiazole rings is 1. The van der Waals surface area contributed by atoms with Crippen LogP contribution in [0.1, 0.15) is 31.5 Å². The van der Waals surface area contributed by atoms with Crippen LogP contribution in [-0.4, -0.2) is 17.6 Å². The van der Waals surface area contributed by atoms with Crippen LogP contribution in [0.25, 0.3) is 0 Å². The second-order valence-corrected chi connectivity index (χ2v) is 4.75. The highest BCUT2D eigenvalue weighted by Crippen LogP contribution is 2.26. The third kappa shape index (κ3) is 2.58. The van der Waals surface area contributed by atoms with Gasteiger partial charge in [-0.1, -0.05) is 0 Å². The van der Waals surface area contributed by atoms with E-state index >= 15 is 0 Å². The minimum absolute atomic E-state index is 0.281. The highest BCUT2D eigenvalue weighted by Gasteiger charge is 2.33. The molecule has 5 heteroatoms. The molecule has 4 nitrogen and oxygen atoms in total. The summed E-state index contributed by atoms with van der Waals surface area (Å²) in [4.78, 5) is 16.0.